The Labute approximate surface area is 216 Å². The van der Waals surface area contributed by atoms with E-state index in [1.165, 1.54) is 42.9 Å². The van der Waals surface area contributed by atoms with Gasteiger partial charge in [-0.05, 0) is 67.8 Å². The monoisotopic (exact) mass is 559 g/mol. The van der Waals surface area contributed by atoms with E-state index in [1.807, 2.05) is 17.9 Å². The SMILES string of the molecule is Cc1cc(-c2nscc2-c2ccc(Br)cc2N2CCC3(CC2)CC3)nc(N2CCC(F)(F)CC2)n1. The zero-order valence-electron chi connectivity index (χ0n) is 19.7. The maximum absolute atomic E-state index is 13.7. The number of hydrogen-bond donors (Lipinski definition) is 0. The number of halogens is 3. The summed E-state index contributed by atoms with van der Waals surface area (Å²) in [5, 5.41) is 2.09. The third-order valence-corrected chi connectivity index (χ3v) is 8.93. The van der Waals surface area contributed by atoms with Crippen molar-refractivity contribution in [3.8, 4) is 22.5 Å². The molecule has 184 valence electrons. The molecule has 2 saturated heterocycles. The van der Waals surface area contributed by atoms with Crippen LogP contribution in [0.5, 0.6) is 0 Å². The van der Waals surface area contributed by atoms with Gasteiger partial charge < -0.3 is 9.80 Å². The topological polar surface area (TPSA) is 45.2 Å². The van der Waals surface area contributed by atoms with E-state index in [9.17, 15) is 8.78 Å². The van der Waals surface area contributed by atoms with E-state index in [0.29, 0.717) is 11.4 Å². The fourth-order valence-corrected chi connectivity index (χ4v) is 6.40. The summed E-state index contributed by atoms with van der Waals surface area (Å²) in [7, 11) is 0. The molecule has 0 radical (unpaired) electrons. The van der Waals surface area contributed by atoms with Crippen molar-refractivity contribution in [2.75, 3.05) is 36.0 Å². The minimum Gasteiger partial charge on any atom is -0.371 e. The van der Waals surface area contributed by atoms with Crippen LogP contribution in [0.3, 0.4) is 0 Å². The summed E-state index contributed by atoms with van der Waals surface area (Å²) in [5.74, 6) is -2.09. The number of alkyl halides is 2. The molecule has 0 bridgehead atoms. The first kappa shape index (κ1) is 23.3. The van der Waals surface area contributed by atoms with Gasteiger partial charge in [-0.1, -0.05) is 22.0 Å². The smallest absolute Gasteiger partial charge is 0.251 e. The minimum atomic E-state index is -2.60. The Balaban J connectivity index is 1.34. The molecule has 5 nitrogen and oxygen atoms in total. The molecule has 3 aromatic rings. The predicted octanol–water partition coefficient (Wildman–Crippen LogP) is 6.95. The summed E-state index contributed by atoms with van der Waals surface area (Å²) in [5.41, 5.74) is 6.42. The van der Waals surface area contributed by atoms with Crippen LogP contribution >= 0.6 is 27.5 Å². The van der Waals surface area contributed by atoms with Crippen LogP contribution in [0.1, 0.15) is 44.2 Å². The molecule has 1 saturated carbocycles. The molecule has 3 fully saturated rings. The Morgan fingerprint density at radius 1 is 0.886 bits per heavy atom. The first-order chi connectivity index (χ1) is 16.8. The van der Waals surface area contributed by atoms with E-state index in [1.54, 1.807) is 0 Å². The number of nitrogens with zero attached hydrogens (tertiary/aromatic N) is 5. The van der Waals surface area contributed by atoms with Gasteiger partial charge in [-0.25, -0.2) is 18.7 Å². The number of benzene rings is 1. The van der Waals surface area contributed by atoms with Crippen LogP contribution in [0.4, 0.5) is 20.4 Å². The second kappa shape index (κ2) is 8.76. The lowest BCUT2D eigenvalue weighted by atomic mass is 9.92. The Hall–Kier alpha value is -2.13. The molecule has 35 heavy (non-hydrogen) atoms. The van der Waals surface area contributed by atoms with Gasteiger partial charge in [-0.3, -0.25) is 0 Å². The van der Waals surface area contributed by atoms with Crippen molar-refractivity contribution in [3.63, 3.8) is 0 Å². The fraction of sp³-hybridized carbons (Fsp3) is 0.500. The summed E-state index contributed by atoms with van der Waals surface area (Å²) in [6, 6.07) is 8.40. The molecule has 9 heteroatoms. The van der Waals surface area contributed by atoms with Crippen molar-refractivity contribution in [2.24, 2.45) is 5.41 Å². The van der Waals surface area contributed by atoms with E-state index in [0.717, 1.165) is 45.8 Å². The molecule has 0 unspecified atom stereocenters. The van der Waals surface area contributed by atoms with Crippen LogP contribution in [0.2, 0.25) is 0 Å². The molecule has 2 aliphatic heterocycles. The standard InChI is InChI=1S/C26H28BrF2N5S/c1-17-14-21(31-24(30-17)34-12-8-26(28,29)9-13-34)23-20(16-35-32-23)19-3-2-18(27)15-22(19)33-10-6-25(4-5-25)7-11-33/h2-3,14-16H,4-13H2,1H3. The van der Waals surface area contributed by atoms with Gasteiger partial charge in [0, 0.05) is 71.4 Å². The molecule has 1 aromatic carbocycles. The maximum Gasteiger partial charge on any atom is 0.251 e. The van der Waals surface area contributed by atoms with Gasteiger partial charge >= 0.3 is 0 Å². The largest absolute Gasteiger partial charge is 0.371 e. The van der Waals surface area contributed by atoms with E-state index in [-0.39, 0.29) is 25.9 Å². The van der Waals surface area contributed by atoms with E-state index >= 15 is 0 Å². The summed E-state index contributed by atoms with van der Waals surface area (Å²) < 4.78 is 33.2. The molecule has 3 aliphatic rings. The number of aryl methyl sites for hydroxylation is 1. The van der Waals surface area contributed by atoms with Gasteiger partial charge in [0.2, 0.25) is 5.95 Å². The molecular weight excluding hydrogens is 532 g/mol. The van der Waals surface area contributed by atoms with Crippen molar-refractivity contribution in [3.05, 3.63) is 39.8 Å². The zero-order valence-corrected chi connectivity index (χ0v) is 22.1. The highest BCUT2D eigenvalue weighted by molar-refractivity contribution is 9.10. The average Bonchev–Trinajstić information content (AvgIpc) is 3.40. The highest BCUT2D eigenvalue weighted by Gasteiger charge is 2.44. The van der Waals surface area contributed by atoms with E-state index in [4.69, 9.17) is 9.36 Å². The highest BCUT2D eigenvalue weighted by atomic mass is 79.9. The van der Waals surface area contributed by atoms with Gasteiger partial charge in [0.1, 0.15) is 5.69 Å². The minimum absolute atomic E-state index is 0.166. The lowest BCUT2D eigenvalue weighted by Crippen LogP contribution is -2.40. The van der Waals surface area contributed by atoms with Crippen LogP contribution in [-0.2, 0) is 0 Å². The first-order valence-corrected chi connectivity index (χ1v) is 13.9. The summed E-state index contributed by atoms with van der Waals surface area (Å²) in [4.78, 5) is 13.8. The van der Waals surface area contributed by atoms with Gasteiger partial charge in [0.25, 0.3) is 5.92 Å². The molecule has 0 atom stereocenters. The Kier molecular flexibility index (Phi) is 5.83. The number of hydrogen-bond acceptors (Lipinski definition) is 6. The second-order valence-electron chi connectivity index (χ2n) is 10.3. The lowest BCUT2D eigenvalue weighted by molar-refractivity contribution is -0.0222. The zero-order chi connectivity index (χ0) is 24.2. The lowest BCUT2D eigenvalue weighted by Gasteiger charge is -2.35. The molecule has 0 amide bonds. The first-order valence-electron chi connectivity index (χ1n) is 12.3. The normalized spacial score (nSPS) is 20.9. The number of piperidine rings is 2. The molecule has 1 spiro atoms. The number of aromatic nitrogens is 3. The Bertz CT molecular complexity index is 1240. The quantitative estimate of drug-likeness (QED) is 0.346. The van der Waals surface area contributed by atoms with Gasteiger partial charge in [-0.2, -0.15) is 4.37 Å². The molecular formula is C26H28BrF2N5S. The number of anilines is 2. The van der Waals surface area contributed by atoms with Crippen molar-refractivity contribution in [2.45, 2.75) is 51.4 Å². The Morgan fingerprint density at radius 3 is 2.31 bits per heavy atom. The van der Waals surface area contributed by atoms with Crippen molar-refractivity contribution in [1.82, 2.24) is 14.3 Å². The Morgan fingerprint density at radius 2 is 1.60 bits per heavy atom. The molecule has 4 heterocycles. The summed E-state index contributed by atoms with van der Waals surface area (Å²) in [6.07, 6.45) is 4.96. The number of rotatable bonds is 4. The van der Waals surface area contributed by atoms with E-state index in [2.05, 4.69) is 49.4 Å². The van der Waals surface area contributed by atoms with Crippen LogP contribution in [0.25, 0.3) is 22.5 Å². The molecule has 2 aromatic heterocycles. The van der Waals surface area contributed by atoms with Crippen LogP contribution < -0.4 is 9.80 Å². The van der Waals surface area contributed by atoms with Crippen LogP contribution in [0.15, 0.2) is 34.1 Å². The molecule has 6 rings (SSSR count). The van der Waals surface area contributed by atoms with Gasteiger partial charge in [0.05, 0.1) is 5.69 Å². The van der Waals surface area contributed by atoms with Gasteiger partial charge in [-0.15, -0.1) is 0 Å². The third kappa shape index (κ3) is 4.69. The molecule has 0 N–H and O–H groups in total. The molecule has 1 aliphatic carbocycles. The maximum atomic E-state index is 13.7. The summed E-state index contributed by atoms with van der Waals surface area (Å²) >= 11 is 5.10. The van der Waals surface area contributed by atoms with Gasteiger partial charge in [0.15, 0.2) is 0 Å². The van der Waals surface area contributed by atoms with Crippen LogP contribution in [0, 0.1) is 12.3 Å². The fourth-order valence-electron chi connectivity index (χ4n) is 5.35. The highest BCUT2D eigenvalue weighted by Crippen LogP contribution is 2.54. The van der Waals surface area contributed by atoms with Crippen molar-refractivity contribution < 1.29 is 8.78 Å². The van der Waals surface area contributed by atoms with Crippen molar-refractivity contribution >= 4 is 39.1 Å². The van der Waals surface area contributed by atoms with Crippen molar-refractivity contribution in [1.29, 1.82) is 0 Å². The average molecular weight is 561 g/mol. The van der Waals surface area contributed by atoms with Crippen LogP contribution in [-0.4, -0.2) is 46.4 Å². The predicted molar refractivity (Wildman–Crippen MR) is 141 cm³/mol. The third-order valence-electron chi connectivity index (χ3n) is 7.80. The second-order valence-corrected chi connectivity index (χ2v) is 11.8. The summed E-state index contributed by atoms with van der Waals surface area (Å²) in [6.45, 7) is 4.59. The van der Waals surface area contributed by atoms with E-state index < -0.39 is 5.92 Å².